The van der Waals surface area contributed by atoms with Gasteiger partial charge in [-0.1, -0.05) is 31.0 Å². The Labute approximate surface area is 137 Å². The second-order valence-electron chi connectivity index (χ2n) is 5.95. The molecule has 0 saturated heterocycles. The van der Waals surface area contributed by atoms with E-state index in [9.17, 15) is 4.79 Å². The van der Waals surface area contributed by atoms with Gasteiger partial charge >= 0.3 is 0 Å². The number of nitrogens with zero attached hydrogens (tertiary/aromatic N) is 1. The normalized spacial score (nSPS) is 10.6. The van der Waals surface area contributed by atoms with Crippen LogP contribution in [0.2, 0.25) is 0 Å². The summed E-state index contributed by atoms with van der Waals surface area (Å²) in [6, 6.07) is 5.94. The summed E-state index contributed by atoms with van der Waals surface area (Å²) in [5.74, 6) is 0.529. The van der Waals surface area contributed by atoms with Crippen molar-refractivity contribution in [3.8, 4) is 11.6 Å². The highest BCUT2D eigenvalue weighted by Crippen LogP contribution is 2.31. The Morgan fingerprint density at radius 2 is 1.87 bits per heavy atom. The molecular weight excluding hydrogens is 288 g/mol. The van der Waals surface area contributed by atoms with Crippen LogP contribution in [0.5, 0.6) is 11.6 Å². The highest BCUT2D eigenvalue weighted by molar-refractivity contribution is 5.96. The molecule has 0 radical (unpaired) electrons. The van der Waals surface area contributed by atoms with E-state index in [4.69, 9.17) is 10.5 Å². The summed E-state index contributed by atoms with van der Waals surface area (Å²) in [4.78, 5) is 16.2. The molecule has 0 unspecified atom stereocenters. The number of hydrogen-bond donors (Lipinski definition) is 1. The van der Waals surface area contributed by atoms with Gasteiger partial charge in [0.1, 0.15) is 11.3 Å². The molecule has 23 heavy (non-hydrogen) atoms. The van der Waals surface area contributed by atoms with Gasteiger partial charge in [-0.05, 0) is 56.4 Å². The number of pyridine rings is 1. The van der Waals surface area contributed by atoms with Crippen molar-refractivity contribution in [2.24, 2.45) is 5.73 Å². The van der Waals surface area contributed by atoms with Crippen LogP contribution in [-0.2, 0) is 6.42 Å². The molecule has 0 aliphatic carbocycles. The fourth-order valence-electron chi connectivity index (χ4n) is 2.82. The summed E-state index contributed by atoms with van der Waals surface area (Å²) in [6.07, 6.45) is 4.50. The number of aromatic nitrogens is 1. The zero-order valence-corrected chi connectivity index (χ0v) is 14.3. The summed E-state index contributed by atoms with van der Waals surface area (Å²) in [6.45, 7) is 8.13. The lowest BCUT2D eigenvalue weighted by atomic mass is 10.0. The van der Waals surface area contributed by atoms with Crippen molar-refractivity contribution in [2.45, 2.75) is 47.0 Å². The standard InChI is InChI=1S/C19H24N2O2/c1-5-6-7-15-8-9-21-19(16(15)18(20)22)23-17-13(3)10-12(2)11-14(17)4/h8-11H,5-7H2,1-4H3,(H2,20,22). The van der Waals surface area contributed by atoms with Gasteiger partial charge in [0.25, 0.3) is 5.91 Å². The zero-order chi connectivity index (χ0) is 17.0. The molecular formula is C19H24N2O2. The molecule has 1 heterocycles. The molecule has 0 saturated carbocycles. The SMILES string of the molecule is CCCCc1ccnc(Oc2c(C)cc(C)cc2C)c1C(N)=O. The zero-order valence-electron chi connectivity index (χ0n) is 14.3. The summed E-state index contributed by atoms with van der Waals surface area (Å²) in [5, 5.41) is 0. The monoisotopic (exact) mass is 312 g/mol. The maximum Gasteiger partial charge on any atom is 0.254 e. The number of hydrogen-bond acceptors (Lipinski definition) is 3. The van der Waals surface area contributed by atoms with Crippen molar-refractivity contribution in [3.05, 3.63) is 52.2 Å². The molecule has 0 spiro atoms. The number of ether oxygens (including phenoxy) is 1. The van der Waals surface area contributed by atoms with Crippen LogP contribution in [0.25, 0.3) is 0 Å². The van der Waals surface area contributed by atoms with Crippen molar-refractivity contribution in [2.75, 3.05) is 0 Å². The first-order valence-electron chi connectivity index (χ1n) is 7.97. The van der Waals surface area contributed by atoms with E-state index in [0.717, 1.165) is 41.7 Å². The predicted molar refractivity (Wildman–Crippen MR) is 92.1 cm³/mol. The van der Waals surface area contributed by atoms with Crippen LogP contribution in [-0.4, -0.2) is 10.9 Å². The van der Waals surface area contributed by atoms with Crippen molar-refractivity contribution < 1.29 is 9.53 Å². The van der Waals surface area contributed by atoms with E-state index in [1.807, 2.05) is 39.0 Å². The number of carbonyl (C=O) groups is 1. The lowest BCUT2D eigenvalue weighted by molar-refractivity contribution is 0.0996. The maximum absolute atomic E-state index is 11.9. The second kappa shape index (κ2) is 7.27. The maximum atomic E-state index is 11.9. The third kappa shape index (κ3) is 3.89. The summed E-state index contributed by atoms with van der Waals surface area (Å²) in [7, 11) is 0. The van der Waals surface area contributed by atoms with Crippen LogP contribution in [0.1, 0.15) is 52.4 Å². The topological polar surface area (TPSA) is 65.2 Å². The highest BCUT2D eigenvalue weighted by Gasteiger charge is 2.18. The van der Waals surface area contributed by atoms with Gasteiger partial charge in [0.05, 0.1) is 0 Å². The summed E-state index contributed by atoms with van der Waals surface area (Å²) < 4.78 is 6.00. The number of nitrogens with two attached hydrogens (primary N) is 1. The van der Waals surface area contributed by atoms with Crippen molar-refractivity contribution in [1.29, 1.82) is 0 Å². The van der Waals surface area contributed by atoms with E-state index in [0.29, 0.717) is 11.4 Å². The minimum atomic E-state index is -0.498. The molecule has 0 bridgehead atoms. The van der Waals surface area contributed by atoms with E-state index in [2.05, 4.69) is 11.9 Å². The first-order chi connectivity index (χ1) is 10.9. The van der Waals surface area contributed by atoms with Gasteiger partial charge in [0.2, 0.25) is 5.88 Å². The smallest absolute Gasteiger partial charge is 0.254 e. The third-order valence-electron chi connectivity index (χ3n) is 3.85. The quantitative estimate of drug-likeness (QED) is 0.867. The van der Waals surface area contributed by atoms with Gasteiger partial charge in [0, 0.05) is 6.20 Å². The van der Waals surface area contributed by atoms with Gasteiger partial charge < -0.3 is 10.5 Å². The fraction of sp³-hybridized carbons (Fsp3) is 0.368. The number of benzene rings is 1. The van der Waals surface area contributed by atoms with Gasteiger partial charge in [0.15, 0.2) is 0 Å². The van der Waals surface area contributed by atoms with Crippen LogP contribution >= 0.6 is 0 Å². The minimum absolute atomic E-state index is 0.293. The Balaban J connectivity index is 2.46. The van der Waals surface area contributed by atoms with Crippen molar-refractivity contribution >= 4 is 5.91 Å². The molecule has 122 valence electrons. The molecule has 0 aliphatic rings. The van der Waals surface area contributed by atoms with E-state index in [1.165, 1.54) is 5.56 Å². The number of carbonyl (C=O) groups excluding carboxylic acids is 1. The molecule has 0 aliphatic heterocycles. The van der Waals surface area contributed by atoms with Gasteiger partial charge in [-0.15, -0.1) is 0 Å². The number of amides is 1. The van der Waals surface area contributed by atoms with E-state index in [-0.39, 0.29) is 0 Å². The van der Waals surface area contributed by atoms with Gasteiger partial charge in [-0.2, -0.15) is 0 Å². The molecule has 1 aromatic carbocycles. The van der Waals surface area contributed by atoms with E-state index in [1.54, 1.807) is 6.20 Å². The van der Waals surface area contributed by atoms with Crippen molar-refractivity contribution in [1.82, 2.24) is 4.98 Å². The van der Waals surface area contributed by atoms with Crippen LogP contribution < -0.4 is 10.5 Å². The number of primary amides is 1. The number of aryl methyl sites for hydroxylation is 4. The summed E-state index contributed by atoms with van der Waals surface area (Å²) in [5.41, 5.74) is 10.1. The molecule has 1 aromatic heterocycles. The lowest BCUT2D eigenvalue weighted by Gasteiger charge is -2.15. The van der Waals surface area contributed by atoms with Crippen LogP contribution in [0.15, 0.2) is 24.4 Å². The Morgan fingerprint density at radius 1 is 1.22 bits per heavy atom. The molecule has 2 aromatic rings. The predicted octanol–water partition coefficient (Wildman–Crippen LogP) is 4.24. The average Bonchev–Trinajstić information content (AvgIpc) is 2.48. The molecule has 0 atom stereocenters. The minimum Gasteiger partial charge on any atom is -0.438 e. The first-order valence-corrected chi connectivity index (χ1v) is 7.97. The Morgan fingerprint density at radius 3 is 2.43 bits per heavy atom. The van der Waals surface area contributed by atoms with Crippen LogP contribution in [0.3, 0.4) is 0 Å². The summed E-state index contributed by atoms with van der Waals surface area (Å²) >= 11 is 0. The number of rotatable bonds is 6. The van der Waals surface area contributed by atoms with E-state index >= 15 is 0 Å². The molecule has 4 nitrogen and oxygen atoms in total. The molecule has 1 amide bonds. The van der Waals surface area contributed by atoms with Crippen molar-refractivity contribution in [3.63, 3.8) is 0 Å². The Bertz CT molecular complexity index is 700. The molecule has 4 heteroatoms. The van der Waals surface area contributed by atoms with Gasteiger partial charge in [-0.3, -0.25) is 4.79 Å². The largest absolute Gasteiger partial charge is 0.438 e. The Kier molecular flexibility index (Phi) is 5.37. The van der Waals surface area contributed by atoms with Crippen LogP contribution in [0, 0.1) is 20.8 Å². The molecule has 2 rings (SSSR count). The fourth-order valence-corrected chi connectivity index (χ4v) is 2.82. The second-order valence-corrected chi connectivity index (χ2v) is 5.95. The lowest BCUT2D eigenvalue weighted by Crippen LogP contribution is -2.16. The van der Waals surface area contributed by atoms with E-state index < -0.39 is 5.91 Å². The highest BCUT2D eigenvalue weighted by atomic mass is 16.5. The Hall–Kier alpha value is -2.36. The van der Waals surface area contributed by atoms with Gasteiger partial charge in [-0.25, -0.2) is 4.98 Å². The molecule has 2 N–H and O–H groups in total. The third-order valence-corrected chi connectivity index (χ3v) is 3.85. The average molecular weight is 312 g/mol. The molecule has 0 fully saturated rings. The number of unbranched alkanes of at least 4 members (excludes halogenated alkanes) is 1. The van der Waals surface area contributed by atoms with Crippen LogP contribution in [0.4, 0.5) is 0 Å². The first kappa shape index (κ1) is 17.0.